The second kappa shape index (κ2) is 8.13. The van der Waals surface area contributed by atoms with Crippen molar-refractivity contribution < 1.29 is 9.63 Å². The molecule has 120 valence electrons. The molecule has 0 aliphatic rings. The molecule has 0 heterocycles. The van der Waals surface area contributed by atoms with E-state index in [1.54, 1.807) is 6.21 Å². The lowest BCUT2D eigenvalue weighted by Crippen LogP contribution is -2.17. The van der Waals surface area contributed by atoms with Crippen LogP contribution in [0.15, 0.2) is 53.7 Å². The molecule has 0 radical (unpaired) electrons. The zero-order chi connectivity index (χ0) is 16.7. The molecule has 1 N–H and O–H groups in total. The molecule has 0 bridgehead atoms. The first-order chi connectivity index (χ1) is 11.1. The lowest BCUT2D eigenvalue weighted by Gasteiger charge is -2.08. The van der Waals surface area contributed by atoms with Crippen LogP contribution in [0.25, 0.3) is 0 Å². The van der Waals surface area contributed by atoms with Gasteiger partial charge in [0.05, 0.1) is 6.21 Å². The molecule has 0 aliphatic heterocycles. The molecule has 0 aromatic heterocycles. The number of hydrogen-bond donors (Lipinski definition) is 1. The molecule has 0 unspecified atom stereocenters. The van der Waals surface area contributed by atoms with Gasteiger partial charge in [-0.15, -0.1) is 0 Å². The van der Waals surface area contributed by atoms with E-state index in [9.17, 15) is 4.79 Å². The van der Waals surface area contributed by atoms with Crippen molar-refractivity contribution in [1.29, 1.82) is 0 Å². The van der Waals surface area contributed by atoms with Gasteiger partial charge in [-0.2, -0.15) is 0 Å². The smallest absolute Gasteiger partial charge is 0.265 e. The minimum absolute atomic E-state index is 0.117. The molecular formula is C19H22N2O2. The van der Waals surface area contributed by atoms with Crippen molar-refractivity contribution in [3.63, 3.8) is 0 Å². The SMILES string of the molecule is Cc1ccccc1/C=N/OCC(=O)Nc1ccc(C(C)C)cc1. The third kappa shape index (κ3) is 5.25. The molecule has 4 nitrogen and oxygen atoms in total. The molecule has 0 fully saturated rings. The minimum atomic E-state index is -0.232. The summed E-state index contributed by atoms with van der Waals surface area (Å²) in [4.78, 5) is 16.8. The lowest BCUT2D eigenvalue weighted by atomic mass is 10.0. The van der Waals surface area contributed by atoms with Crippen molar-refractivity contribution in [2.24, 2.45) is 5.16 Å². The molecule has 0 saturated heterocycles. The van der Waals surface area contributed by atoms with Gasteiger partial charge < -0.3 is 10.2 Å². The molecule has 0 saturated carbocycles. The number of carbonyl (C=O) groups is 1. The maximum absolute atomic E-state index is 11.8. The van der Waals surface area contributed by atoms with Crippen LogP contribution in [0.1, 0.15) is 36.5 Å². The van der Waals surface area contributed by atoms with E-state index >= 15 is 0 Å². The average Bonchev–Trinajstić information content (AvgIpc) is 2.53. The summed E-state index contributed by atoms with van der Waals surface area (Å²) in [6.07, 6.45) is 1.61. The van der Waals surface area contributed by atoms with Crippen LogP contribution >= 0.6 is 0 Å². The fourth-order valence-electron chi connectivity index (χ4n) is 2.07. The third-order valence-electron chi connectivity index (χ3n) is 3.51. The maximum Gasteiger partial charge on any atom is 0.265 e. The van der Waals surface area contributed by atoms with Gasteiger partial charge in [0.1, 0.15) is 0 Å². The highest BCUT2D eigenvalue weighted by molar-refractivity contribution is 5.91. The first-order valence-electron chi connectivity index (χ1n) is 7.67. The minimum Gasteiger partial charge on any atom is -0.386 e. The van der Waals surface area contributed by atoms with Crippen LogP contribution in [0.2, 0.25) is 0 Å². The van der Waals surface area contributed by atoms with Crippen molar-refractivity contribution in [2.45, 2.75) is 26.7 Å². The molecule has 2 aromatic rings. The van der Waals surface area contributed by atoms with Crippen molar-refractivity contribution in [2.75, 3.05) is 11.9 Å². The van der Waals surface area contributed by atoms with Crippen molar-refractivity contribution in [1.82, 2.24) is 0 Å². The zero-order valence-electron chi connectivity index (χ0n) is 13.7. The van der Waals surface area contributed by atoms with Gasteiger partial charge in [-0.1, -0.05) is 55.4 Å². The van der Waals surface area contributed by atoms with Crippen LogP contribution < -0.4 is 5.32 Å². The third-order valence-corrected chi connectivity index (χ3v) is 3.51. The van der Waals surface area contributed by atoms with Gasteiger partial charge in [-0.3, -0.25) is 4.79 Å². The second-order valence-corrected chi connectivity index (χ2v) is 5.69. The van der Waals surface area contributed by atoms with E-state index < -0.39 is 0 Å². The number of amides is 1. The zero-order valence-corrected chi connectivity index (χ0v) is 13.7. The fraction of sp³-hybridized carbons (Fsp3) is 0.263. The van der Waals surface area contributed by atoms with Crippen LogP contribution in [-0.4, -0.2) is 18.7 Å². The number of hydrogen-bond acceptors (Lipinski definition) is 3. The highest BCUT2D eigenvalue weighted by Crippen LogP contribution is 2.17. The van der Waals surface area contributed by atoms with Crippen LogP contribution in [0.3, 0.4) is 0 Å². The standard InChI is InChI=1S/C19H22N2O2/c1-14(2)16-8-10-18(11-9-16)21-19(22)13-23-20-12-17-7-5-4-6-15(17)3/h4-12,14H,13H2,1-3H3,(H,21,22)/b20-12+. The predicted octanol–water partition coefficient (Wildman–Crippen LogP) is 4.11. The van der Waals surface area contributed by atoms with Crippen LogP contribution in [0, 0.1) is 6.92 Å². The van der Waals surface area contributed by atoms with Gasteiger partial charge in [0.2, 0.25) is 0 Å². The molecule has 4 heteroatoms. The number of carbonyl (C=O) groups excluding carboxylic acids is 1. The Labute approximate surface area is 137 Å². The molecule has 0 spiro atoms. The molecule has 0 atom stereocenters. The molecule has 1 amide bonds. The number of benzene rings is 2. The molecule has 0 aliphatic carbocycles. The van der Waals surface area contributed by atoms with Gasteiger partial charge in [0.25, 0.3) is 5.91 Å². The summed E-state index contributed by atoms with van der Waals surface area (Å²) in [5, 5.41) is 6.62. The number of nitrogens with one attached hydrogen (secondary N) is 1. The fourth-order valence-corrected chi connectivity index (χ4v) is 2.07. The number of rotatable bonds is 6. The second-order valence-electron chi connectivity index (χ2n) is 5.69. The summed E-state index contributed by atoms with van der Waals surface area (Å²) in [5.74, 6) is 0.239. The highest BCUT2D eigenvalue weighted by Gasteiger charge is 2.04. The summed E-state index contributed by atoms with van der Waals surface area (Å²) in [7, 11) is 0. The van der Waals surface area contributed by atoms with Crippen molar-refractivity contribution in [3.8, 4) is 0 Å². The summed E-state index contributed by atoms with van der Waals surface area (Å²) in [5.41, 5.74) is 4.07. The van der Waals surface area contributed by atoms with Gasteiger partial charge in [-0.25, -0.2) is 0 Å². The first kappa shape index (κ1) is 16.7. The summed E-state index contributed by atoms with van der Waals surface area (Å²) >= 11 is 0. The normalized spacial score (nSPS) is 11.0. The van der Waals surface area contributed by atoms with E-state index in [1.807, 2.05) is 55.5 Å². The molecule has 23 heavy (non-hydrogen) atoms. The summed E-state index contributed by atoms with van der Waals surface area (Å²) < 4.78 is 0. The van der Waals surface area contributed by atoms with Crippen LogP contribution in [-0.2, 0) is 9.63 Å². The lowest BCUT2D eigenvalue weighted by molar-refractivity contribution is -0.120. The quantitative estimate of drug-likeness (QED) is 0.645. The van der Waals surface area contributed by atoms with E-state index in [4.69, 9.17) is 4.84 Å². The molecule has 2 aromatic carbocycles. The van der Waals surface area contributed by atoms with Gasteiger partial charge in [-0.05, 0) is 41.7 Å². The van der Waals surface area contributed by atoms with E-state index in [-0.39, 0.29) is 12.5 Å². The Bertz CT molecular complexity index is 676. The van der Waals surface area contributed by atoms with E-state index in [0.717, 1.165) is 16.8 Å². The molecular weight excluding hydrogens is 288 g/mol. The topological polar surface area (TPSA) is 50.7 Å². The molecule has 2 rings (SSSR count). The van der Waals surface area contributed by atoms with Crippen LogP contribution in [0.4, 0.5) is 5.69 Å². The van der Waals surface area contributed by atoms with Crippen molar-refractivity contribution >= 4 is 17.8 Å². The number of anilines is 1. The number of nitrogens with zero attached hydrogens (tertiary/aromatic N) is 1. The summed E-state index contributed by atoms with van der Waals surface area (Å²) in [6, 6.07) is 15.6. The summed E-state index contributed by atoms with van der Waals surface area (Å²) in [6.45, 7) is 6.14. The van der Waals surface area contributed by atoms with E-state index in [0.29, 0.717) is 5.92 Å². The van der Waals surface area contributed by atoms with Gasteiger partial charge in [0, 0.05) is 5.69 Å². The van der Waals surface area contributed by atoms with Gasteiger partial charge >= 0.3 is 0 Å². The Kier molecular flexibility index (Phi) is 5.92. The Hall–Kier alpha value is -2.62. The Balaban J connectivity index is 1.80. The highest BCUT2D eigenvalue weighted by atomic mass is 16.6. The Morgan fingerprint density at radius 1 is 1.17 bits per heavy atom. The maximum atomic E-state index is 11.8. The van der Waals surface area contributed by atoms with E-state index in [1.165, 1.54) is 5.56 Å². The Morgan fingerprint density at radius 2 is 1.87 bits per heavy atom. The van der Waals surface area contributed by atoms with Gasteiger partial charge in [0.15, 0.2) is 6.61 Å². The predicted molar refractivity (Wildman–Crippen MR) is 93.9 cm³/mol. The number of aryl methyl sites for hydroxylation is 1. The van der Waals surface area contributed by atoms with E-state index in [2.05, 4.69) is 24.3 Å². The van der Waals surface area contributed by atoms with Crippen molar-refractivity contribution in [3.05, 3.63) is 65.2 Å². The number of oxime groups is 1. The first-order valence-corrected chi connectivity index (χ1v) is 7.67. The largest absolute Gasteiger partial charge is 0.386 e. The van der Waals surface area contributed by atoms with Crippen LogP contribution in [0.5, 0.6) is 0 Å². The Morgan fingerprint density at radius 3 is 2.52 bits per heavy atom. The monoisotopic (exact) mass is 310 g/mol. The average molecular weight is 310 g/mol.